The van der Waals surface area contributed by atoms with Crippen LogP contribution in [0.4, 0.5) is 47.8 Å². The van der Waals surface area contributed by atoms with Crippen LogP contribution in [0.25, 0.3) is 0 Å². The summed E-state index contributed by atoms with van der Waals surface area (Å²) in [7, 11) is 0. The largest absolute Gasteiger partial charge is 0.490 e. The summed E-state index contributed by atoms with van der Waals surface area (Å²) in [6, 6.07) is 6.35. The van der Waals surface area contributed by atoms with Crippen LogP contribution in [0, 0.1) is 43.5 Å². The SMILES string of the molecule is CCOc1cc(C=NNc2c(F)c(F)c(C(F)(F)F)c(F)c2F)ccc1Oc1ccc([N+](=O)[O-])cc1[N+](=O)[O-]. The normalized spacial score (nSPS) is 11.5. The van der Waals surface area contributed by atoms with E-state index in [1.54, 1.807) is 12.3 Å². The molecule has 0 aromatic heterocycles. The number of anilines is 1. The Morgan fingerprint density at radius 3 is 2.05 bits per heavy atom. The summed E-state index contributed by atoms with van der Waals surface area (Å²) in [6.07, 6.45) is -4.85. The second-order valence-electron chi connectivity index (χ2n) is 7.28. The number of nitro benzene ring substituents is 2. The van der Waals surface area contributed by atoms with Crippen molar-refractivity contribution in [1.82, 2.24) is 0 Å². The molecule has 0 radical (unpaired) electrons. The molecule has 3 aromatic carbocycles. The fourth-order valence-electron chi connectivity index (χ4n) is 3.07. The van der Waals surface area contributed by atoms with E-state index in [0.717, 1.165) is 18.3 Å². The van der Waals surface area contributed by atoms with Crippen LogP contribution in [0.5, 0.6) is 17.2 Å². The van der Waals surface area contributed by atoms with Gasteiger partial charge < -0.3 is 9.47 Å². The number of nitro groups is 2. The molecular formula is C22H13F7N4O6. The van der Waals surface area contributed by atoms with Crippen LogP contribution in [0.1, 0.15) is 18.1 Å². The van der Waals surface area contributed by atoms with Crippen LogP contribution in [0.2, 0.25) is 0 Å². The molecule has 10 nitrogen and oxygen atoms in total. The molecule has 0 spiro atoms. The van der Waals surface area contributed by atoms with Crippen LogP contribution in [-0.4, -0.2) is 22.7 Å². The lowest BCUT2D eigenvalue weighted by molar-refractivity contribution is -0.394. The van der Waals surface area contributed by atoms with Gasteiger partial charge in [0.15, 0.2) is 34.8 Å². The lowest BCUT2D eigenvalue weighted by atomic mass is 10.1. The third-order valence-corrected chi connectivity index (χ3v) is 4.77. The van der Waals surface area contributed by atoms with Crippen molar-refractivity contribution in [2.75, 3.05) is 12.0 Å². The molecule has 0 aliphatic heterocycles. The molecule has 3 rings (SSSR count). The van der Waals surface area contributed by atoms with Gasteiger partial charge in [-0.05, 0) is 36.8 Å². The zero-order chi connectivity index (χ0) is 29.1. The maximum atomic E-state index is 14.0. The molecular weight excluding hydrogens is 549 g/mol. The zero-order valence-corrected chi connectivity index (χ0v) is 19.2. The molecule has 206 valence electrons. The molecule has 0 heterocycles. The minimum absolute atomic E-state index is 0.0434. The van der Waals surface area contributed by atoms with Crippen molar-refractivity contribution >= 4 is 23.3 Å². The van der Waals surface area contributed by atoms with Crippen LogP contribution < -0.4 is 14.9 Å². The molecule has 0 unspecified atom stereocenters. The van der Waals surface area contributed by atoms with Crippen molar-refractivity contribution < 1.29 is 50.1 Å². The molecule has 0 aliphatic carbocycles. The van der Waals surface area contributed by atoms with Gasteiger partial charge in [-0.2, -0.15) is 18.3 Å². The Hall–Kier alpha value is -4.96. The predicted molar refractivity (Wildman–Crippen MR) is 120 cm³/mol. The summed E-state index contributed by atoms with van der Waals surface area (Å²) in [5.74, 6) is -10.6. The Bertz CT molecular complexity index is 1450. The van der Waals surface area contributed by atoms with Gasteiger partial charge in [0.05, 0.1) is 28.7 Å². The number of rotatable bonds is 9. The minimum atomic E-state index is -5.70. The standard InChI is InChI=1S/C22H13F7N4O6/c1-2-38-15-7-10(3-5-14(15)39-13-6-4-11(32(34)35)8-12(13)33(36)37)9-30-31-21-19(25)17(23)16(22(27,28)29)18(24)20(21)26/h3-9,31H,2H2,1H3. The molecule has 0 bridgehead atoms. The van der Waals surface area contributed by atoms with E-state index in [1.807, 2.05) is 0 Å². The Morgan fingerprint density at radius 1 is 0.897 bits per heavy atom. The zero-order valence-electron chi connectivity index (χ0n) is 19.2. The fourth-order valence-corrected chi connectivity index (χ4v) is 3.07. The van der Waals surface area contributed by atoms with E-state index in [9.17, 15) is 51.0 Å². The van der Waals surface area contributed by atoms with Gasteiger partial charge in [-0.1, -0.05) is 0 Å². The summed E-state index contributed by atoms with van der Waals surface area (Å²) >= 11 is 0. The average molecular weight is 562 g/mol. The highest BCUT2D eigenvalue weighted by molar-refractivity contribution is 5.81. The highest BCUT2D eigenvalue weighted by Crippen LogP contribution is 2.40. The number of nitrogens with one attached hydrogen (secondary N) is 1. The number of halogens is 7. The van der Waals surface area contributed by atoms with E-state index in [2.05, 4.69) is 5.10 Å². The second-order valence-corrected chi connectivity index (χ2v) is 7.28. The topological polar surface area (TPSA) is 129 Å². The third-order valence-electron chi connectivity index (χ3n) is 4.77. The van der Waals surface area contributed by atoms with Gasteiger partial charge in [-0.15, -0.1) is 0 Å². The Labute approximate surface area is 212 Å². The number of hydrogen-bond donors (Lipinski definition) is 1. The molecule has 0 amide bonds. The summed E-state index contributed by atoms with van der Waals surface area (Å²) in [6.45, 7) is 1.62. The van der Waals surface area contributed by atoms with Gasteiger partial charge in [-0.3, -0.25) is 25.7 Å². The van der Waals surface area contributed by atoms with E-state index in [1.165, 1.54) is 18.2 Å². The number of hydrogen-bond acceptors (Lipinski definition) is 8. The Morgan fingerprint density at radius 2 is 1.51 bits per heavy atom. The van der Waals surface area contributed by atoms with Gasteiger partial charge in [0.1, 0.15) is 11.3 Å². The lowest BCUT2D eigenvalue weighted by Gasteiger charge is -2.13. The van der Waals surface area contributed by atoms with E-state index in [-0.39, 0.29) is 29.4 Å². The van der Waals surface area contributed by atoms with E-state index < -0.39 is 61.9 Å². The van der Waals surface area contributed by atoms with Crippen LogP contribution in [0.15, 0.2) is 41.5 Å². The lowest BCUT2D eigenvalue weighted by Crippen LogP contribution is -2.16. The smallest absolute Gasteiger partial charge is 0.422 e. The summed E-state index contributed by atoms with van der Waals surface area (Å²) < 4.78 is 105. The second kappa shape index (κ2) is 11.2. The number of benzene rings is 3. The first kappa shape index (κ1) is 28.6. The Kier molecular flexibility index (Phi) is 8.21. The number of non-ortho nitro benzene ring substituents is 1. The molecule has 3 aromatic rings. The molecule has 0 atom stereocenters. The molecule has 0 aliphatic rings. The first-order valence-corrected chi connectivity index (χ1v) is 10.4. The van der Waals surface area contributed by atoms with Crippen molar-refractivity contribution in [3.05, 3.63) is 91.0 Å². The third kappa shape index (κ3) is 6.13. The highest BCUT2D eigenvalue weighted by atomic mass is 19.4. The van der Waals surface area contributed by atoms with Crippen LogP contribution in [0.3, 0.4) is 0 Å². The van der Waals surface area contributed by atoms with Gasteiger partial charge in [0.2, 0.25) is 5.75 Å². The highest BCUT2D eigenvalue weighted by Gasteiger charge is 2.42. The fraction of sp³-hybridized carbons (Fsp3) is 0.136. The molecule has 0 saturated carbocycles. The summed E-state index contributed by atoms with van der Waals surface area (Å²) in [5, 5.41) is 25.6. The maximum absolute atomic E-state index is 14.0. The van der Waals surface area contributed by atoms with Crippen molar-refractivity contribution in [1.29, 1.82) is 0 Å². The molecule has 1 N–H and O–H groups in total. The summed E-state index contributed by atoms with van der Waals surface area (Å²) in [5.41, 5.74) is -3.93. The van der Waals surface area contributed by atoms with E-state index in [0.29, 0.717) is 6.07 Å². The summed E-state index contributed by atoms with van der Waals surface area (Å²) in [4.78, 5) is 20.5. The van der Waals surface area contributed by atoms with Crippen LogP contribution in [-0.2, 0) is 6.18 Å². The van der Waals surface area contributed by atoms with Crippen molar-refractivity contribution in [3.63, 3.8) is 0 Å². The molecule has 0 fully saturated rings. The van der Waals surface area contributed by atoms with Gasteiger partial charge in [-0.25, -0.2) is 17.6 Å². The first-order valence-electron chi connectivity index (χ1n) is 10.4. The first-order chi connectivity index (χ1) is 18.3. The predicted octanol–water partition coefficient (Wildman–Crippen LogP) is 6.72. The molecule has 39 heavy (non-hydrogen) atoms. The van der Waals surface area contributed by atoms with Crippen molar-refractivity contribution in [2.24, 2.45) is 5.10 Å². The number of nitrogens with zero attached hydrogens (tertiary/aromatic N) is 3. The van der Waals surface area contributed by atoms with Crippen molar-refractivity contribution in [3.8, 4) is 17.2 Å². The average Bonchev–Trinajstić information content (AvgIpc) is 2.85. The number of ether oxygens (including phenoxy) is 2. The number of alkyl halides is 3. The van der Waals surface area contributed by atoms with E-state index in [4.69, 9.17) is 9.47 Å². The van der Waals surface area contributed by atoms with E-state index >= 15 is 0 Å². The molecule has 0 saturated heterocycles. The molecule has 17 heteroatoms. The monoisotopic (exact) mass is 562 g/mol. The van der Waals surface area contributed by atoms with Gasteiger partial charge in [0.25, 0.3) is 5.69 Å². The Balaban J connectivity index is 1.90. The van der Waals surface area contributed by atoms with Gasteiger partial charge >= 0.3 is 11.9 Å². The minimum Gasteiger partial charge on any atom is -0.490 e. The van der Waals surface area contributed by atoms with Crippen molar-refractivity contribution in [2.45, 2.75) is 13.1 Å². The van der Waals surface area contributed by atoms with Crippen LogP contribution >= 0.6 is 0 Å². The number of hydrazone groups is 1. The quantitative estimate of drug-likeness (QED) is 0.101. The van der Waals surface area contributed by atoms with Gasteiger partial charge in [0, 0.05) is 6.07 Å². The maximum Gasteiger partial charge on any atom is 0.422 e.